The summed E-state index contributed by atoms with van der Waals surface area (Å²) in [5.74, 6) is -3.80. The van der Waals surface area contributed by atoms with Gasteiger partial charge in [0, 0.05) is 0 Å². The number of aryl methyl sites for hydroxylation is 1. The van der Waals surface area contributed by atoms with Crippen LogP contribution in [0.25, 0.3) is 0 Å². The van der Waals surface area contributed by atoms with Crippen LogP contribution in [0.15, 0.2) is 36.4 Å². The van der Waals surface area contributed by atoms with Gasteiger partial charge in [0.25, 0.3) is 0 Å². The van der Waals surface area contributed by atoms with E-state index in [0.29, 0.717) is 5.92 Å². The molecule has 0 spiro atoms. The van der Waals surface area contributed by atoms with E-state index in [4.69, 9.17) is 0 Å². The Morgan fingerprint density at radius 3 is 2.07 bits per heavy atom. The van der Waals surface area contributed by atoms with E-state index >= 15 is 0 Å². The lowest BCUT2D eigenvalue weighted by atomic mass is 9.80. The summed E-state index contributed by atoms with van der Waals surface area (Å²) in [5.41, 5.74) is -0.0623. The van der Waals surface area contributed by atoms with E-state index in [1.807, 2.05) is 0 Å². The molecule has 0 heterocycles. The molecular formula is C22H23F5O. The van der Waals surface area contributed by atoms with Crippen molar-refractivity contribution >= 4 is 0 Å². The SMILES string of the molecule is CC1CCC(CCc2ccc(OC(F)(F)c3cc(F)c(F)c(F)c3)cc2)CC1. The summed E-state index contributed by atoms with van der Waals surface area (Å²) in [4.78, 5) is 0. The molecule has 0 unspecified atom stereocenters. The minimum Gasteiger partial charge on any atom is -0.429 e. The van der Waals surface area contributed by atoms with E-state index in [9.17, 15) is 22.0 Å². The Morgan fingerprint density at radius 2 is 1.50 bits per heavy atom. The molecule has 0 aromatic heterocycles. The molecule has 0 atom stereocenters. The largest absolute Gasteiger partial charge is 0.429 e. The van der Waals surface area contributed by atoms with Crippen molar-refractivity contribution in [2.75, 3.05) is 0 Å². The first kappa shape index (κ1) is 20.6. The first-order valence-electron chi connectivity index (χ1n) is 9.55. The van der Waals surface area contributed by atoms with Crippen molar-refractivity contribution in [3.63, 3.8) is 0 Å². The lowest BCUT2D eigenvalue weighted by molar-refractivity contribution is -0.185. The third kappa shape index (κ3) is 5.03. The van der Waals surface area contributed by atoms with Gasteiger partial charge in [0.15, 0.2) is 17.5 Å². The molecule has 1 saturated carbocycles. The van der Waals surface area contributed by atoms with Crippen LogP contribution in [-0.2, 0) is 12.5 Å². The quantitative estimate of drug-likeness (QED) is 0.376. The molecule has 1 aliphatic carbocycles. The van der Waals surface area contributed by atoms with Crippen LogP contribution in [0.4, 0.5) is 22.0 Å². The summed E-state index contributed by atoms with van der Waals surface area (Å²) in [6.45, 7) is 2.28. The van der Waals surface area contributed by atoms with Gasteiger partial charge >= 0.3 is 6.11 Å². The summed E-state index contributed by atoms with van der Waals surface area (Å²) in [5, 5.41) is 0. The zero-order valence-electron chi connectivity index (χ0n) is 15.7. The molecule has 0 bridgehead atoms. The van der Waals surface area contributed by atoms with Crippen molar-refractivity contribution in [3.8, 4) is 5.75 Å². The van der Waals surface area contributed by atoms with Crippen molar-refractivity contribution in [2.45, 2.75) is 51.6 Å². The Labute approximate surface area is 161 Å². The maximum Gasteiger partial charge on any atom is 0.426 e. The van der Waals surface area contributed by atoms with Crippen LogP contribution in [0.2, 0.25) is 0 Å². The van der Waals surface area contributed by atoms with Crippen LogP contribution in [0, 0.1) is 29.3 Å². The monoisotopic (exact) mass is 398 g/mol. The van der Waals surface area contributed by atoms with E-state index in [2.05, 4.69) is 11.7 Å². The van der Waals surface area contributed by atoms with E-state index in [-0.39, 0.29) is 17.9 Å². The standard InChI is InChI=1S/C22H23F5O/c1-14-2-4-15(5-3-14)6-7-16-8-10-18(11-9-16)28-22(26,27)17-12-19(23)21(25)20(24)13-17/h8-15H,2-7H2,1H3. The summed E-state index contributed by atoms with van der Waals surface area (Å²) in [6.07, 6.45) is 2.93. The van der Waals surface area contributed by atoms with E-state index in [0.717, 1.165) is 24.3 Å². The molecule has 0 saturated heterocycles. The van der Waals surface area contributed by atoms with Gasteiger partial charge in [-0.05, 0) is 54.5 Å². The molecule has 1 aliphatic rings. The van der Waals surface area contributed by atoms with Gasteiger partial charge < -0.3 is 4.74 Å². The molecule has 6 heteroatoms. The fourth-order valence-corrected chi connectivity index (χ4v) is 3.64. The number of halogens is 5. The first-order valence-corrected chi connectivity index (χ1v) is 9.55. The third-order valence-corrected chi connectivity index (χ3v) is 5.47. The normalized spacial score (nSPS) is 20.2. The average molecular weight is 398 g/mol. The second kappa shape index (κ2) is 8.50. The van der Waals surface area contributed by atoms with Gasteiger partial charge in [-0.2, -0.15) is 8.78 Å². The topological polar surface area (TPSA) is 9.23 Å². The van der Waals surface area contributed by atoms with Crippen LogP contribution in [-0.4, -0.2) is 0 Å². The van der Waals surface area contributed by atoms with Gasteiger partial charge in [-0.3, -0.25) is 0 Å². The summed E-state index contributed by atoms with van der Waals surface area (Å²) in [6, 6.07) is 6.70. The average Bonchev–Trinajstić information content (AvgIpc) is 2.66. The van der Waals surface area contributed by atoms with Gasteiger partial charge in [0.2, 0.25) is 0 Å². The lowest BCUT2D eigenvalue weighted by Crippen LogP contribution is -2.22. The molecule has 0 aliphatic heterocycles. The van der Waals surface area contributed by atoms with Crippen LogP contribution in [0.3, 0.4) is 0 Å². The van der Waals surface area contributed by atoms with Crippen molar-refractivity contribution < 1.29 is 26.7 Å². The van der Waals surface area contributed by atoms with Crippen LogP contribution >= 0.6 is 0 Å². The first-order chi connectivity index (χ1) is 13.2. The molecule has 3 rings (SSSR count). The van der Waals surface area contributed by atoms with Gasteiger partial charge in [-0.15, -0.1) is 0 Å². The van der Waals surface area contributed by atoms with Crippen molar-refractivity contribution in [1.82, 2.24) is 0 Å². The molecule has 1 nitrogen and oxygen atoms in total. The predicted octanol–water partition coefficient (Wildman–Crippen LogP) is 6.99. The lowest BCUT2D eigenvalue weighted by Gasteiger charge is -2.26. The summed E-state index contributed by atoms with van der Waals surface area (Å²) in [7, 11) is 0. The number of rotatable bonds is 6. The molecule has 0 radical (unpaired) electrons. The molecule has 2 aromatic carbocycles. The molecule has 0 amide bonds. The highest BCUT2D eigenvalue weighted by Crippen LogP contribution is 2.34. The van der Waals surface area contributed by atoms with Crippen molar-refractivity contribution in [1.29, 1.82) is 0 Å². The minimum atomic E-state index is -3.99. The zero-order chi connectivity index (χ0) is 20.3. The van der Waals surface area contributed by atoms with Crippen molar-refractivity contribution in [3.05, 3.63) is 65.0 Å². The number of ether oxygens (including phenoxy) is 1. The van der Waals surface area contributed by atoms with Gasteiger partial charge in [0.1, 0.15) is 5.75 Å². The number of benzene rings is 2. The van der Waals surface area contributed by atoms with E-state index in [1.165, 1.54) is 37.8 Å². The fraction of sp³-hybridized carbons (Fsp3) is 0.455. The van der Waals surface area contributed by atoms with E-state index in [1.54, 1.807) is 12.1 Å². The second-order valence-corrected chi connectivity index (χ2v) is 7.68. The summed E-state index contributed by atoms with van der Waals surface area (Å²) < 4.78 is 72.4. The zero-order valence-corrected chi connectivity index (χ0v) is 15.7. The minimum absolute atomic E-state index is 0.134. The molecule has 28 heavy (non-hydrogen) atoms. The maximum atomic E-state index is 14.2. The van der Waals surface area contributed by atoms with Crippen LogP contribution < -0.4 is 4.74 Å². The number of alkyl halides is 2. The Kier molecular flexibility index (Phi) is 6.26. The third-order valence-electron chi connectivity index (χ3n) is 5.47. The van der Waals surface area contributed by atoms with E-state index < -0.39 is 29.1 Å². The second-order valence-electron chi connectivity index (χ2n) is 7.68. The molecule has 0 N–H and O–H groups in total. The molecule has 2 aromatic rings. The van der Waals surface area contributed by atoms with Gasteiger partial charge in [-0.25, -0.2) is 13.2 Å². The van der Waals surface area contributed by atoms with Gasteiger partial charge in [0.05, 0.1) is 5.56 Å². The molecule has 152 valence electrons. The number of hydrogen-bond donors (Lipinski definition) is 0. The predicted molar refractivity (Wildman–Crippen MR) is 96.7 cm³/mol. The number of hydrogen-bond acceptors (Lipinski definition) is 1. The summed E-state index contributed by atoms with van der Waals surface area (Å²) >= 11 is 0. The van der Waals surface area contributed by atoms with Crippen LogP contribution in [0.1, 0.15) is 50.2 Å². The Balaban J connectivity index is 1.60. The smallest absolute Gasteiger partial charge is 0.426 e. The molecular weight excluding hydrogens is 375 g/mol. The van der Waals surface area contributed by atoms with Crippen LogP contribution in [0.5, 0.6) is 5.75 Å². The highest BCUT2D eigenvalue weighted by atomic mass is 19.3. The van der Waals surface area contributed by atoms with Crippen molar-refractivity contribution in [2.24, 2.45) is 11.8 Å². The van der Waals surface area contributed by atoms with Gasteiger partial charge in [-0.1, -0.05) is 44.7 Å². The highest BCUT2D eigenvalue weighted by Gasteiger charge is 2.36. The maximum absolute atomic E-state index is 14.2. The molecule has 1 fully saturated rings. The fourth-order valence-electron chi connectivity index (χ4n) is 3.64. The Morgan fingerprint density at radius 1 is 0.929 bits per heavy atom. The Hall–Kier alpha value is -2.11. The highest BCUT2D eigenvalue weighted by molar-refractivity contribution is 5.29. The Bertz CT molecular complexity index is 772.